The van der Waals surface area contributed by atoms with Gasteiger partial charge in [-0.15, -0.1) is 0 Å². The molecule has 0 aliphatic rings. The van der Waals surface area contributed by atoms with Gasteiger partial charge >= 0.3 is 0 Å². The van der Waals surface area contributed by atoms with Crippen molar-refractivity contribution in [3.05, 3.63) is 0 Å². The van der Waals surface area contributed by atoms with Gasteiger partial charge in [0.25, 0.3) is 0 Å². The average molecular weight is 140 g/mol. The molecule has 0 aromatic rings. The van der Waals surface area contributed by atoms with Gasteiger partial charge in [0, 0.05) is 12.6 Å². The molecule has 0 aromatic carbocycles. The van der Waals surface area contributed by atoms with E-state index in [0.717, 1.165) is 25.9 Å². The number of unbranched alkanes of at least 4 members (excludes halogenated alkanes) is 1. The van der Waals surface area contributed by atoms with Gasteiger partial charge in [0.1, 0.15) is 7.85 Å². The zero-order valence-electron chi connectivity index (χ0n) is 7.10. The van der Waals surface area contributed by atoms with Crippen LogP contribution in [0.3, 0.4) is 0 Å². The highest BCUT2D eigenvalue weighted by Gasteiger charge is 1.97. The first-order valence-electron chi connectivity index (χ1n) is 4.18. The fraction of sp³-hybridized carbons (Fsp3) is 1.00. The smallest absolute Gasteiger partial charge is 0.108 e. The van der Waals surface area contributed by atoms with Crippen LogP contribution in [0.2, 0.25) is 0 Å². The number of ether oxygens (including phenoxy) is 1. The molecule has 0 aromatic heterocycles. The second-order valence-electron chi connectivity index (χ2n) is 2.55. The lowest BCUT2D eigenvalue weighted by Gasteiger charge is -2.10. The van der Waals surface area contributed by atoms with Gasteiger partial charge in [-0.1, -0.05) is 26.7 Å². The molecule has 0 saturated heterocycles. The highest BCUT2D eigenvalue weighted by atomic mass is 16.5. The van der Waals surface area contributed by atoms with Crippen LogP contribution in [0.25, 0.3) is 0 Å². The third-order valence-electron chi connectivity index (χ3n) is 1.40. The van der Waals surface area contributed by atoms with E-state index in [1.54, 1.807) is 0 Å². The first-order valence-corrected chi connectivity index (χ1v) is 4.18. The van der Waals surface area contributed by atoms with E-state index in [0.29, 0.717) is 0 Å². The summed E-state index contributed by atoms with van der Waals surface area (Å²) < 4.78 is 5.30. The van der Waals surface area contributed by atoms with Crippen molar-refractivity contribution in [2.24, 2.45) is 0 Å². The summed E-state index contributed by atoms with van der Waals surface area (Å²) in [5.41, 5.74) is 0. The topological polar surface area (TPSA) is 9.23 Å². The fourth-order valence-electron chi connectivity index (χ4n) is 0.747. The van der Waals surface area contributed by atoms with E-state index in [1.165, 1.54) is 6.42 Å². The number of rotatable bonds is 6. The predicted octanol–water partition coefficient (Wildman–Crippen LogP) is 2.10. The molecule has 58 valence electrons. The molecule has 0 fully saturated rings. The van der Waals surface area contributed by atoms with Crippen molar-refractivity contribution in [3.8, 4) is 0 Å². The Morgan fingerprint density at radius 3 is 2.50 bits per heavy atom. The monoisotopic (exact) mass is 140 g/mol. The Kier molecular flexibility index (Phi) is 7.15. The van der Waals surface area contributed by atoms with Gasteiger partial charge in [-0.25, -0.2) is 0 Å². The average Bonchev–Trinajstić information content (AvgIpc) is 1.89. The second kappa shape index (κ2) is 7.14. The highest BCUT2D eigenvalue weighted by molar-refractivity contribution is 6.10. The van der Waals surface area contributed by atoms with Gasteiger partial charge in [0.2, 0.25) is 0 Å². The summed E-state index contributed by atoms with van der Waals surface area (Å²) in [5, 5.41) is 0. The molecule has 0 aliphatic heterocycles. The van der Waals surface area contributed by atoms with Crippen molar-refractivity contribution >= 4 is 7.85 Å². The number of hydrogen-bond donors (Lipinski definition) is 0. The molecule has 1 unspecified atom stereocenters. The van der Waals surface area contributed by atoms with Gasteiger partial charge in [0.15, 0.2) is 0 Å². The Morgan fingerprint density at radius 2 is 2.00 bits per heavy atom. The molecule has 1 atom stereocenters. The van der Waals surface area contributed by atoms with Crippen LogP contribution in [0.1, 0.15) is 39.5 Å². The Morgan fingerprint density at radius 1 is 1.30 bits per heavy atom. The maximum atomic E-state index is 5.60. The van der Waals surface area contributed by atoms with E-state index < -0.39 is 0 Å². The fourth-order valence-corrected chi connectivity index (χ4v) is 0.747. The summed E-state index contributed by atoms with van der Waals surface area (Å²) in [6.07, 6.45) is 4.38. The van der Waals surface area contributed by atoms with Crippen molar-refractivity contribution in [1.82, 2.24) is 0 Å². The molecule has 0 aliphatic carbocycles. The van der Waals surface area contributed by atoms with Crippen LogP contribution in [0.4, 0.5) is 0 Å². The van der Waals surface area contributed by atoms with E-state index in [4.69, 9.17) is 12.6 Å². The molecule has 2 heteroatoms. The molecule has 0 amide bonds. The van der Waals surface area contributed by atoms with Crippen molar-refractivity contribution in [3.63, 3.8) is 0 Å². The Balaban J connectivity index is 2.97. The van der Waals surface area contributed by atoms with Gasteiger partial charge in [0.05, 0.1) is 0 Å². The van der Waals surface area contributed by atoms with Crippen LogP contribution in [-0.4, -0.2) is 20.5 Å². The summed E-state index contributed by atoms with van der Waals surface area (Å²) in [6.45, 7) is 5.08. The van der Waals surface area contributed by atoms with Gasteiger partial charge < -0.3 is 4.74 Å². The summed E-state index contributed by atoms with van der Waals surface area (Å²) in [7, 11) is 5.60. The minimum atomic E-state index is -0.0310. The molecule has 0 saturated carbocycles. The lowest BCUT2D eigenvalue weighted by atomic mass is 9.95. The Labute approximate surface area is 65.6 Å². The zero-order chi connectivity index (χ0) is 7.82. The lowest BCUT2D eigenvalue weighted by molar-refractivity contribution is 0.0984. The molecule has 0 bridgehead atoms. The van der Waals surface area contributed by atoms with E-state index in [2.05, 4.69) is 13.8 Å². The van der Waals surface area contributed by atoms with Gasteiger partial charge in [-0.05, 0) is 12.8 Å². The predicted molar refractivity (Wildman–Crippen MR) is 45.3 cm³/mol. The third kappa shape index (κ3) is 6.15. The third-order valence-corrected chi connectivity index (χ3v) is 1.40. The lowest BCUT2D eigenvalue weighted by Crippen LogP contribution is -2.12. The normalized spacial score (nSPS) is 13.4. The van der Waals surface area contributed by atoms with Crippen LogP contribution in [0.5, 0.6) is 0 Å². The molecule has 10 heavy (non-hydrogen) atoms. The van der Waals surface area contributed by atoms with Crippen molar-refractivity contribution < 1.29 is 4.74 Å². The van der Waals surface area contributed by atoms with Crippen LogP contribution in [0.15, 0.2) is 0 Å². The van der Waals surface area contributed by atoms with Crippen molar-refractivity contribution in [2.75, 3.05) is 6.61 Å². The van der Waals surface area contributed by atoms with E-state index >= 15 is 0 Å². The molecule has 0 N–H and O–H groups in total. The first-order chi connectivity index (χ1) is 4.81. The van der Waals surface area contributed by atoms with Crippen LogP contribution < -0.4 is 0 Å². The summed E-state index contributed by atoms with van der Waals surface area (Å²) in [6, 6.07) is -0.0310. The SMILES string of the molecule is [B]C(CCC)OCCCC. The van der Waals surface area contributed by atoms with Crippen LogP contribution in [0, 0.1) is 0 Å². The van der Waals surface area contributed by atoms with Crippen LogP contribution in [-0.2, 0) is 4.74 Å². The van der Waals surface area contributed by atoms with Crippen molar-refractivity contribution in [2.45, 2.75) is 45.5 Å². The second-order valence-corrected chi connectivity index (χ2v) is 2.55. The maximum absolute atomic E-state index is 5.60. The van der Waals surface area contributed by atoms with Gasteiger partial charge in [-0.3, -0.25) is 0 Å². The minimum Gasteiger partial charge on any atom is -0.388 e. The molecule has 0 heterocycles. The zero-order valence-corrected chi connectivity index (χ0v) is 7.10. The van der Waals surface area contributed by atoms with E-state index in [-0.39, 0.29) is 6.00 Å². The molecule has 0 rings (SSSR count). The standard InChI is InChI=1S/C8H17BO/c1-3-5-7-10-8(9)6-4-2/h8H,3-7H2,1-2H3. The summed E-state index contributed by atoms with van der Waals surface area (Å²) >= 11 is 0. The highest BCUT2D eigenvalue weighted by Crippen LogP contribution is 1.98. The Bertz CT molecular complexity index is 66.3. The molecule has 2 radical (unpaired) electrons. The summed E-state index contributed by atoms with van der Waals surface area (Å²) in [5.74, 6) is 0. The van der Waals surface area contributed by atoms with Crippen molar-refractivity contribution in [1.29, 1.82) is 0 Å². The van der Waals surface area contributed by atoms with E-state index in [9.17, 15) is 0 Å². The van der Waals surface area contributed by atoms with Gasteiger partial charge in [-0.2, -0.15) is 0 Å². The largest absolute Gasteiger partial charge is 0.388 e. The minimum absolute atomic E-state index is 0.0310. The maximum Gasteiger partial charge on any atom is 0.108 e. The first kappa shape index (κ1) is 10.0. The Hall–Kier alpha value is 0.0249. The quantitative estimate of drug-likeness (QED) is 0.405. The molecule has 1 nitrogen and oxygen atoms in total. The van der Waals surface area contributed by atoms with E-state index in [1.807, 2.05) is 0 Å². The molecule has 0 spiro atoms. The number of hydrogen-bond acceptors (Lipinski definition) is 1. The summed E-state index contributed by atoms with van der Waals surface area (Å²) in [4.78, 5) is 0. The van der Waals surface area contributed by atoms with Crippen LogP contribution >= 0.6 is 0 Å². The molecular formula is C8H17BO. The molecular weight excluding hydrogens is 123 g/mol.